The number of anilines is 2. The lowest BCUT2D eigenvalue weighted by atomic mass is 10.2. The summed E-state index contributed by atoms with van der Waals surface area (Å²) in [5.41, 5.74) is 3.22. The van der Waals surface area contributed by atoms with Crippen LogP contribution in [0, 0.1) is 0 Å². The van der Waals surface area contributed by atoms with Gasteiger partial charge in [0.2, 0.25) is 0 Å². The van der Waals surface area contributed by atoms with Gasteiger partial charge in [-0.3, -0.25) is 9.78 Å². The SMILES string of the molecule is COc1cccc(C(=O)Nc2ccc(NCc3ccccn3)cc2)c1. The van der Waals surface area contributed by atoms with Gasteiger partial charge in [0, 0.05) is 23.1 Å². The number of rotatable bonds is 6. The fraction of sp³-hybridized carbons (Fsp3) is 0.100. The number of hydrogen-bond donors (Lipinski definition) is 2. The average molecular weight is 333 g/mol. The van der Waals surface area contributed by atoms with Crippen molar-refractivity contribution in [2.75, 3.05) is 17.7 Å². The molecule has 0 radical (unpaired) electrons. The van der Waals surface area contributed by atoms with Gasteiger partial charge in [-0.2, -0.15) is 0 Å². The molecule has 1 heterocycles. The molecule has 0 spiro atoms. The van der Waals surface area contributed by atoms with Crippen LogP contribution in [0.25, 0.3) is 0 Å². The minimum Gasteiger partial charge on any atom is -0.497 e. The second-order valence-electron chi connectivity index (χ2n) is 5.44. The van der Waals surface area contributed by atoms with Gasteiger partial charge in [-0.05, 0) is 54.6 Å². The number of benzene rings is 2. The summed E-state index contributed by atoms with van der Waals surface area (Å²) in [4.78, 5) is 16.6. The first-order chi connectivity index (χ1) is 12.2. The van der Waals surface area contributed by atoms with Crippen LogP contribution < -0.4 is 15.4 Å². The van der Waals surface area contributed by atoms with Crippen molar-refractivity contribution in [3.8, 4) is 5.75 Å². The predicted octanol–water partition coefficient (Wildman–Crippen LogP) is 3.95. The third kappa shape index (κ3) is 4.57. The van der Waals surface area contributed by atoms with E-state index in [-0.39, 0.29) is 5.91 Å². The summed E-state index contributed by atoms with van der Waals surface area (Å²) in [7, 11) is 1.58. The number of nitrogens with one attached hydrogen (secondary N) is 2. The zero-order chi connectivity index (χ0) is 17.5. The lowest BCUT2D eigenvalue weighted by Gasteiger charge is -2.09. The molecule has 25 heavy (non-hydrogen) atoms. The molecule has 0 unspecified atom stereocenters. The van der Waals surface area contributed by atoms with Crippen molar-refractivity contribution in [3.05, 3.63) is 84.2 Å². The molecule has 0 fully saturated rings. The van der Waals surface area contributed by atoms with Gasteiger partial charge in [0.1, 0.15) is 5.75 Å². The van der Waals surface area contributed by atoms with Crippen LogP contribution in [0.5, 0.6) is 5.75 Å². The Hall–Kier alpha value is -3.34. The number of carbonyl (C=O) groups is 1. The zero-order valence-corrected chi connectivity index (χ0v) is 13.9. The molecular weight excluding hydrogens is 314 g/mol. The summed E-state index contributed by atoms with van der Waals surface area (Å²) in [6, 6.07) is 20.4. The molecular formula is C20H19N3O2. The lowest BCUT2D eigenvalue weighted by Crippen LogP contribution is -2.11. The second kappa shape index (κ2) is 7.97. The van der Waals surface area contributed by atoms with Crippen molar-refractivity contribution < 1.29 is 9.53 Å². The highest BCUT2D eigenvalue weighted by Gasteiger charge is 2.07. The van der Waals surface area contributed by atoms with E-state index >= 15 is 0 Å². The highest BCUT2D eigenvalue weighted by molar-refractivity contribution is 6.04. The molecule has 2 aromatic carbocycles. The maximum absolute atomic E-state index is 12.3. The van der Waals surface area contributed by atoms with Crippen LogP contribution in [0.3, 0.4) is 0 Å². The summed E-state index contributed by atoms with van der Waals surface area (Å²) in [6.07, 6.45) is 1.77. The predicted molar refractivity (Wildman–Crippen MR) is 99.0 cm³/mol. The number of nitrogens with zero attached hydrogens (tertiary/aromatic N) is 1. The fourth-order valence-corrected chi connectivity index (χ4v) is 2.33. The maximum Gasteiger partial charge on any atom is 0.255 e. The van der Waals surface area contributed by atoms with E-state index in [2.05, 4.69) is 15.6 Å². The molecule has 0 saturated heterocycles. The van der Waals surface area contributed by atoms with Gasteiger partial charge in [-0.15, -0.1) is 0 Å². The van der Waals surface area contributed by atoms with Crippen molar-refractivity contribution in [1.29, 1.82) is 0 Å². The van der Waals surface area contributed by atoms with Crippen LogP contribution >= 0.6 is 0 Å². The van der Waals surface area contributed by atoms with Crippen LogP contribution in [0.15, 0.2) is 72.9 Å². The van der Waals surface area contributed by atoms with Gasteiger partial charge in [0.25, 0.3) is 5.91 Å². The van der Waals surface area contributed by atoms with Crippen molar-refractivity contribution >= 4 is 17.3 Å². The normalized spacial score (nSPS) is 10.1. The molecule has 0 aliphatic rings. The van der Waals surface area contributed by atoms with Crippen LogP contribution in [-0.4, -0.2) is 18.0 Å². The summed E-state index contributed by atoms with van der Waals surface area (Å²) >= 11 is 0. The van der Waals surface area contributed by atoms with Gasteiger partial charge in [-0.1, -0.05) is 12.1 Å². The Morgan fingerprint density at radius 1 is 1.00 bits per heavy atom. The first-order valence-electron chi connectivity index (χ1n) is 7.94. The second-order valence-corrected chi connectivity index (χ2v) is 5.44. The Morgan fingerprint density at radius 3 is 2.52 bits per heavy atom. The average Bonchev–Trinajstić information content (AvgIpc) is 2.68. The van der Waals surface area contributed by atoms with Crippen LogP contribution in [-0.2, 0) is 6.54 Å². The van der Waals surface area contributed by atoms with E-state index in [1.165, 1.54) is 0 Å². The minimum atomic E-state index is -0.173. The Labute approximate surface area is 146 Å². The maximum atomic E-state index is 12.3. The van der Waals surface area contributed by atoms with Gasteiger partial charge in [0.15, 0.2) is 0 Å². The third-order valence-corrected chi connectivity index (χ3v) is 3.67. The number of ether oxygens (including phenoxy) is 1. The molecule has 0 saturated carbocycles. The minimum absolute atomic E-state index is 0.173. The molecule has 0 aliphatic heterocycles. The summed E-state index contributed by atoms with van der Waals surface area (Å²) in [6.45, 7) is 0.649. The van der Waals surface area contributed by atoms with E-state index in [4.69, 9.17) is 4.74 Å². The molecule has 126 valence electrons. The summed E-state index contributed by atoms with van der Waals surface area (Å²) in [5.74, 6) is 0.481. The molecule has 0 aliphatic carbocycles. The Morgan fingerprint density at radius 2 is 1.80 bits per heavy atom. The molecule has 0 atom stereocenters. The Kier molecular flexibility index (Phi) is 5.26. The quantitative estimate of drug-likeness (QED) is 0.717. The Balaban J connectivity index is 1.59. The molecule has 3 rings (SSSR count). The number of methoxy groups -OCH3 is 1. The largest absolute Gasteiger partial charge is 0.497 e. The molecule has 5 nitrogen and oxygen atoms in total. The van der Waals surface area contributed by atoms with Crippen molar-refractivity contribution in [1.82, 2.24) is 4.98 Å². The first-order valence-corrected chi connectivity index (χ1v) is 7.94. The first kappa shape index (κ1) is 16.5. The van der Waals surface area contributed by atoms with E-state index in [1.54, 1.807) is 37.6 Å². The molecule has 2 N–H and O–H groups in total. The van der Waals surface area contributed by atoms with Crippen LogP contribution in [0.1, 0.15) is 16.1 Å². The van der Waals surface area contributed by atoms with Crippen molar-refractivity contribution in [2.45, 2.75) is 6.54 Å². The van der Waals surface area contributed by atoms with Gasteiger partial charge >= 0.3 is 0 Å². The van der Waals surface area contributed by atoms with Crippen molar-refractivity contribution in [3.63, 3.8) is 0 Å². The summed E-state index contributed by atoms with van der Waals surface area (Å²) < 4.78 is 5.14. The van der Waals surface area contributed by atoms with E-state index in [1.807, 2.05) is 42.5 Å². The number of aromatic nitrogens is 1. The van der Waals surface area contributed by atoms with Gasteiger partial charge in [-0.25, -0.2) is 0 Å². The molecule has 5 heteroatoms. The topological polar surface area (TPSA) is 63.2 Å². The third-order valence-electron chi connectivity index (χ3n) is 3.67. The van der Waals surface area contributed by atoms with Crippen LogP contribution in [0.2, 0.25) is 0 Å². The van der Waals surface area contributed by atoms with E-state index < -0.39 is 0 Å². The standard InChI is InChI=1S/C20H19N3O2/c1-25-19-7-4-5-15(13-19)20(24)23-17-10-8-16(9-11-17)22-14-18-6-2-3-12-21-18/h2-13,22H,14H2,1H3,(H,23,24). The molecule has 1 amide bonds. The van der Waals surface area contributed by atoms with Crippen molar-refractivity contribution in [2.24, 2.45) is 0 Å². The number of amides is 1. The highest BCUT2D eigenvalue weighted by Crippen LogP contribution is 2.17. The zero-order valence-electron chi connectivity index (χ0n) is 13.9. The lowest BCUT2D eigenvalue weighted by molar-refractivity contribution is 0.102. The fourth-order valence-electron chi connectivity index (χ4n) is 2.33. The summed E-state index contributed by atoms with van der Waals surface area (Å²) in [5, 5.41) is 6.17. The monoisotopic (exact) mass is 333 g/mol. The molecule has 3 aromatic rings. The van der Waals surface area contributed by atoms with Crippen LogP contribution in [0.4, 0.5) is 11.4 Å². The number of pyridine rings is 1. The molecule has 1 aromatic heterocycles. The smallest absolute Gasteiger partial charge is 0.255 e. The van der Waals surface area contributed by atoms with Gasteiger partial charge < -0.3 is 15.4 Å². The Bertz CT molecular complexity index is 833. The van der Waals surface area contributed by atoms with E-state index in [0.717, 1.165) is 17.1 Å². The number of carbonyl (C=O) groups excluding carboxylic acids is 1. The number of hydrogen-bond acceptors (Lipinski definition) is 4. The van der Waals surface area contributed by atoms with E-state index in [0.29, 0.717) is 17.9 Å². The highest BCUT2D eigenvalue weighted by atomic mass is 16.5. The van der Waals surface area contributed by atoms with E-state index in [9.17, 15) is 4.79 Å². The van der Waals surface area contributed by atoms with Gasteiger partial charge in [0.05, 0.1) is 19.3 Å². The molecule has 0 bridgehead atoms.